The van der Waals surface area contributed by atoms with Crippen LogP contribution in [-0.4, -0.2) is 13.7 Å². The minimum atomic E-state index is 0.422. The third kappa shape index (κ3) is 4.08. The topological polar surface area (TPSA) is 21.3 Å². The van der Waals surface area contributed by atoms with Crippen LogP contribution in [0, 0.1) is 0 Å². The van der Waals surface area contributed by atoms with Crippen LogP contribution >= 0.6 is 11.3 Å². The van der Waals surface area contributed by atoms with Gasteiger partial charge in [-0.25, -0.2) is 0 Å². The van der Waals surface area contributed by atoms with Gasteiger partial charge in [0.1, 0.15) is 5.75 Å². The predicted octanol–water partition coefficient (Wildman–Crippen LogP) is 4.04. The number of ether oxygens (including phenoxy) is 1. The molecule has 1 heterocycles. The smallest absolute Gasteiger partial charge is 0.118 e. The Morgan fingerprint density at radius 3 is 2.58 bits per heavy atom. The number of rotatable bonds is 7. The second-order valence-electron chi connectivity index (χ2n) is 4.52. The normalized spacial score (nSPS) is 12.3. The summed E-state index contributed by atoms with van der Waals surface area (Å²) in [6, 6.07) is 13.1. The fraction of sp³-hybridized carbons (Fsp3) is 0.375. The first-order valence-corrected chi connectivity index (χ1v) is 7.61. The number of hydrogen-bond acceptors (Lipinski definition) is 3. The van der Waals surface area contributed by atoms with Crippen molar-refractivity contribution < 1.29 is 4.74 Å². The van der Waals surface area contributed by atoms with Crippen molar-refractivity contribution in [2.45, 2.75) is 25.8 Å². The minimum absolute atomic E-state index is 0.422. The molecule has 0 aliphatic rings. The molecule has 0 saturated heterocycles. The van der Waals surface area contributed by atoms with Gasteiger partial charge < -0.3 is 10.1 Å². The van der Waals surface area contributed by atoms with Gasteiger partial charge in [-0.05, 0) is 42.0 Å². The lowest BCUT2D eigenvalue weighted by atomic mass is 10.0. The van der Waals surface area contributed by atoms with Gasteiger partial charge in [0.05, 0.1) is 7.11 Å². The van der Waals surface area contributed by atoms with Gasteiger partial charge >= 0.3 is 0 Å². The van der Waals surface area contributed by atoms with E-state index in [2.05, 4.69) is 41.9 Å². The molecule has 1 aromatic carbocycles. The molecule has 2 aromatic rings. The van der Waals surface area contributed by atoms with Crippen LogP contribution in [0.2, 0.25) is 0 Å². The van der Waals surface area contributed by atoms with Gasteiger partial charge in [0.2, 0.25) is 0 Å². The fourth-order valence-electron chi connectivity index (χ4n) is 2.16. The van der Waals surface area contributed by atoms with Crippen LogP contribution in [0.25, 0.3) is 0 Å². The third-order valence-electron chi connectivity index (χ3n) is 3.27. The standard InChI is InChI=1S/C16H21NOS/c1-3-16(13-6-8-14(18-2)9-7-13)17-11-10-15-5-4-12-19-15/h4-9,12,16-17H,3,10-11H2,1-2H3. The molecule has 0 amide bonds. The van der Waals surface area contributed by atoms with Gasteiger partial charge in [0.25, 0.3) is 0 Å². The van der Waals surface area contributed by atoms with Crippen molar-refractivity contribution in [1.29, 1.82) is 0 Å². The Morgan fingerprint density at radius 1 is 1.21 bits per heavy atom. The molecule has 1 aromatic heterocycles. The fourth-order valence-corrected chi connectivity index (χ4v) is 2.87. The molecule has 102 valence electrons. The highest BCUT2D eigenvalue weighted by atomic mass is 32.1. The van der Waals surface area contributed by atoms with Crippen LogP contribution in [0.1, 0.15) is 29.8 Å². The number of hydrogen-bond donors (Lipinski definition) is 1. The lowest BCUT2D eigenvalue weighted by Crippen LogP contribution is -2.23. The first kappa shape index (κ1) is 14.1. The summed E-state index contributed by atoms with van der Waals surface area (Å²) in [7, 11) is 1.70. The Balaban J connectivity index is 1.88. The second-order valence-corrected chi connectivity index (χ2v) is 5.55. The molecular formula is C16H21NOS. The highest BCUT2D eigenvalue weighted by Crippen LogP contribution is 2.20. The van der Waals surface area contributed by atoms with Gasteiger partial charge in [-0.1, -0.05) is 25.1 Å². The summed E-state index contributed by atoms with van der Waals surface area (Å²) < 4.78 is 5.19. The van der Waals surface area contributed by atoms with Gasteiger partial charge in [-0.3, -0.25) is 0 Å². The van der Waals surface area contributed by atoms with Gasteiger partial charge in [-0.15, -0.1) is 11.3 Å². The van der Waals surface area contributed by atoms with Gasteiger partial charge in [-0.2, -0.15) is 0 Å². The molecule has 2 rings (SSSR count). The molecule has 19 heavy (non-hydrogen) atoms. The van der Waals surface area contributed by atoms with E-state index >= 15 is 0 Å². The zero-order valence-corrected chi connectivity index (χ0v) is 12.4. The predicted molar refractivity (Wildman–Crippen MR) is 82.1 cm³/mol. The largest absolute Gasteiger partial charge is 0.497 e. The summed E-state index contributed by atoms with van der Waals surface area (Å²) in [5, 5.41) is 5.76. The zero-order valence-electron chi connectivity index (χ0n) is 11.6. The van der Waals surface area contributed by atoms with E-state index < -0.39 is 0 Å². The summed E-state index contributed by atoms with van der Waals surface area (Å²) in [4.78, 5) is 1.44. The van der Waals surface area contributed by atoms with E-state index in [-0.39, 0.29) is 0 Å². The average Bonchev–Trinajstić information content (AvgIpc) is 2.97. The van der Waals surface area contributed by atoms with Crippen LogP contribution in [-0.2, 0) is 6.42 Å². The number of thiophene rings is 1. The van der Waals surface area contributed by atoms with Gasteiger partial charge in [0.15, 0.2) is 0 Å². The molecule has 0 fully saturated rings. The molecule has 1 unspecified atom stereocenters. The molecule has 1 N–H and O–H groups in total. The van der Waals surface area contributed by atoms with Crippen molar-refractivity contribution >= 4 is 11.3 Å². The van der Waals surface area contributed by atoms with E-state index in [9.17, 15) is 0 Å². The lowest BCUT2D eigenvalue weighted by Gasteiger charge is -2.17. The number of nitrogens with one attached hydrogen (secondary N) is 1. The second kappa shape index (κ2) is 7.31. The lowest BCUT2D eigenvalue weighted by molar-refractivity contribution is 0.414. The molecule has 1 atom stereocenters. The van der Waals surface area contributed by atoms with Crippen LogP contribution in [0.4, 0.5) is 0 Å². The van der Waals surface area contributed by atoms with Crippen molar-refractivity contribution in [2.24, 2.45) is 0 Å². The summed E-state index contributed by atoms with van der Waals surface area (Å²) in [6.45, 7) is 3.23. The van der Waals surface area contributed by atoms with Crippen LogP contribution in [0.15, 0.2) is 41.8 Å². The van der Waals surface area contributed by atoms with Crippen molar-refractivity contribution in [2.75, 3.05) is 13.7 Å². The van der Waals surface area contributed by atoms with E-state index in [1.165, 1.54) is 10.4 Å². The average molecular weight is 275 g/mol. The van der Waals surface area contributed by atoms with E-state index in [4.69, 9.17) is 4.74 Å². The molecule has 3 heteroatoms. The maximum Gasteiger partial charge on any atom is 0.118 e. The monoisotopic (exact) mass is 275 g/mol. The number of methoxy groups -OCH3 is 1. The van der Waals surface area contributed by atoms with Crippen molar-refractivity contribution in [3.05, 3.63) is 52.2 Å². The molecule has 0 aliphatic carbocycles. The number of benzene rings is 1. The van der Waals surface area contributed by atoms with Crippen molar-refractivity contribution in [3.63, 3.8) is 0 Å². The molecule has 0 saturated carbocycles. The minimum Gasteiger partial charge on any atom is -0.497 e. The van der Waals surface area contributed by atoms with E-state index in [0.29, 0.717) is 6.04 Å². The van der Waals surface area contributed by atoms with Crippen molar-refractivity contribution in [3.8, 4) is 5.75 Å². The summed E-state index contributed by atoms with van der Waals surface area (Å²) >= 11 is 1.83. The van der Waals surface area contributed by atoms with Crippen LogP contribution in [0.5, 0.6) is 5.75 Å². The third-order valence-corrected chi connectivity index (χ3v) is 4.20. The Hall–Kier alpha value is -1.32. The summed E-state index contributed by atoms with van der Waals surface area (Å²) in [6.07, 6.45) is 2.20. The molecule has 0 aliphatic heterocycles. The van der Waals surface area contributed by atoms with E-state index in [1.807, 2.05) is 23.5 Å². The Labute approximate surface area is 119 Å². The van der Waals surface area contributed by atoms with Crippen molar-refractivity contribution in [1.82, 2.24) is 5.32 Å². The first-order valence-electron chi connectivity index (χ1n) is 6.73. The van der Waals surface area contributed by atoms with E-state index in [1.54, 1.807) is 7.11 Å². The Bertz CT molecular complexity index is 464. The molecule has 0 bridgehead atoms. The van der Waals surface area contributed by atoms with Gasteiger partial charge in [0, 0.05) is 17.5 Å². The Kier molecular flexibility index (Phi) is 5.43. The van der Waals surface area contributed by atoms with E-state index in [0.717, 1.165) is 25.1 Å². The Morgan fingerprint density at radius 2 is 2.00 bits per heavy atom. The zero-order chi connectivity index (χ0) is 13.5. The quantitative estimate of drug-likeness (QED) is 0.823. The molecule has 0 radical (unpaired) electrons. The summed E-state index contributed by atoms with van der Waals surface area (Å²) in [5.41, 5.74) is 1.33. The van der Waals surface area contributed by atoms with Crippen LogP contribution < -0.4 is 10.1 Å². The molecule has 0 spiro atoms. The summed E-state index contributed by atoms with van der Waals surface area (Å²) in [5.74, 6) is 0.914. The molecule has 2 nitrogen and oxygen atoms in total. The molecular weight excluding hydrogens is 254 g/mol. The maximum atomic E-state index is 5.19. The highest BCUT2D eigenvalue weighted by Gasteiger charge is 2.08. The first-order chi connectivity index (χ1) is 9.33. The maximum absolute atomic E-state index is 5.19. The SMILES string of the molecule is CCC(NCCc1cccs1)c1ccc(OC)cc1. The highest BCUT2D eigenvalue weighted by molar-refractivity contribution is 7.09. The van der Waals surface area contributed by atoms with Crippen LogP contribution in [0.3, 0.4) is 0 Å².